The van der Waals surface area contributed by atoms with Gasteiger partial charge in [0.15, 0.2) is 0 Å². The minimum atomic E-state index is -0.278. The van der Waals surface area contributed by atoms with Crippen molar-refractivity contribution >= 4 is 28.9 Å². The quantitative estimate of drug-likeness (QED) is 0.902. The highest BCUT2D eigenvalue weighted by Gasteiger charge is 2.23. The topological polar surface area (TPSA) is 52.7 Å². The zero-order valence-electron chi connectivity index (χ0n) is 15.1. The standard InChI is InChI=1S/C21H22FN3O2/c22-18-6-1-4-15-5-2-12-24(21(15)18)14-19(26)23-16-8-10-17(11-9-16)25-13-3-7-20(25)27/h1,4,6,8-11H,2-3,5,7,12-14H2,(H,23,26). The molecule has 0 bridgehead atoms. The molecule has 0 spiro atoms. The van der Waals surface area contributed by atoms with Crippen LogP contribution in [0.5, 0.6) is 0 Å². The largest absolute Gasteiger partial charge is 0.360 e. The number of amides is 2. The predicted molar refractivity (Wildman–Crippen MR) is 104 cm³/mol. The van der Waals surface area contributed by atoms with Crippen molar-refractivity contribution in [2.75, 3.05) is 34.8 Å². The fourth-order valence-corrected chi connectivity index (χ4v) is 3.87. The van der Waals surface area contributed by atoms with E-state index in [2.05, 4.69) is 5.32 Å². The fourth-order valence-electron chi connectivity index (χ4n) is 3.87. The Morgan fingerprint density at radius 1 is 1.04 bits per heavy atom. The Bertz CT molecular complexity index is 866. The highest BCUT2D eigenvalue weighted by molar-refractivity contribution is 5.97. The van der Waals surface area contributed by atoms with E-state index in [4.69, 9.17) is 0 Å². The minimum Gasteiger partial charge on any atom is -0.360 e. The number of rotatable bonds is 4. The van der Waals surface area contributed by atoms with Crippen LogP contribution in [-0.2, 0) is 16.0 Å². The first-order valence-electron chi connectivity index (χ1n) is 9.34. The number of anilines is 3. The Morgan fingerprint density at radius 3 is 2.56 bits per heavy atom. The number of nitrogens with zero attached hydrogens (tertiary/aromatic N) is 2. The normalized spacial score (nSPS) is 16.4. The molecule has 6 heteroatoms. The van der Waals surface area contributed by atoms with E-state index in [0.29, 0.717) is 24.3 Å². The van der Waals surface area contributed by atoms with E-state index in [1.165, 1.54) is 6.07 Å². The van der Waals surface area contributed by atoms with E-state index in [-0.39, 0.29) is 24.2 Å². The molecular weight excluding hydrogens is 345 g/mol. The van der Waals surface area contributed by atoms with Crippen LogP contribution < -0.4 is 15.1 Å². The molecule has 2 aliphatic heterocycles. The summed E-state index contributed by atoms with van der Waals surface area (Å²) in [6.45, 7) is 1.52. The predicted octanol–water partition coefficient (Wildman–Crippen LogP) is 3.34. The van der Waals surface area contributed by atoms with Gasteiger partial charge in [0.1, 0.15) is 5.82 Å². The summed E-state index contributed by atoms with van der Waals surface area (Å²) in [5.74, 6) is -0.326. The van der Waals surface area contributed by atoms with Crippen LogP contribution in [-0.4, -0.2) is 31.4 Å². The lowest BCUT2D eigenvalue weighted by atomic mass is 10.0. The number of fused-ring (bicyclic) bond motifs is 1. The monoisotopic (exact) mass is 367 g/mol. The molecule has 2 amide bonds. The van der Waals surface area contributed by atoms with Gasteiger partial charge in [0.2, 0.25) is 11.8 Å². The van der Waals surface area contributed by atoms with Crippen LogP contribution in [0.1, 0.15) is 24.8 Å². The molecule has 1 fully saturated rings. The number of carbonyl (C=O) groups excluding carboxylic acids is 2. The minimum absolute atomic E-state index is 0.111. The summed E-state index contributed by atoms with van der Waals surface area (Å²) >= 11 is 0. The lowest BCUT2D eigenvalue weighted by Gasteiger charge is -2.31. The maximum absolute atomic E-state index is 14.2. The van der Waals surface area contributed by atoms with Crippen molar-refractivity contribution in [2.24, 2.45) is 0 Å². The van der Waals surface area contributed by atoms with Gasteiger partial charge in [-0.1, -0.05) is 12.1 Å². The van der Waals surface area contributed by atoms with Gasteiger partial charge in [0.25, 0.3) is 0 Å². The Hall–Kier alpha value is -2.89. The van der Waals surface area contributed by atoms with E-state index < -0.39 is 0 Å². The third-order valence-electron chi connectivity index (χ3n) is 5.13. The fraction of sp³-hybridized carbons (Fsp3) is 0.333. The Balaban J connectivity index is 1.41. The average Bonchev–Trinajstić information content (AvgIpc) is 3.08. The zero-order valence-corrected chi connectivity index (χ0v) is 15.1. The zero-order chi connectivity index (χ0) is 18.8. The molecule has 27 heavy (non-hydrogen) atoms. The van der Waals surface area contributed by atoms with E-state index in [1.807, 2.05) is 18.2 Å². The van der Waals surface area contributed by atoms with Gasteiger partial charge in [-0.05, 0) is 55.2 Å². The van der Waals surface area contributed by atoms with Crippen LogP contribution in [0.2, 0.25) is 0 Å². The van der Waals surface area contributed by atoms with E-state index in [9.17, 15) is 14.0 Å². The number of benzene rings is 2. The second kappa shape index (κ2) is 7.39. The molecule has 5 nitrogen and oxygen atoms in total. The summed E-state index contributed by atoms with van der Waals surface area (Å²) in [5.41, 5.74) is 3.01. The molecule has 0 aliphatic carbocycles. The van der Waals surface area contributed by atoms with Crippen LogP contribution in [0.25, 0.3) is 0 Å². The molecule has 4 rings (SSSR count). The van der Waals surface area contributed by atoms with Crippen LogP contribution in [0.15, 0.2) is 42.5 Å². The van der Waals surface area contributed by atoms with Gasteiger partial charge in [-0.2, -0.15) is 0 Å². The van der Waals surface area contributed by atoms with Crippen molar-refractivity contribution in [1.82, 2.24) is 0 Å². The van der Waals surface area contributed by atoms with Gasteiger partial charge < -0.3 is 15.1 Å². The smallest absolute Gasteiger partial charge is 0.243 e. The number of para-hydroxylation sites is 1. The molecule has 140 valence electrons. The van der Waals surface area contributed by atoms with E-state index in [1.54, 1.807) is 28.0 Å². The third kappa shape index (κ3) is 3.65. The van der Waals surface area contributed by atoms with Gasteiger partial charge in [0.05, 0.1) is 12.2 Å². The Labute approximate surface area is 157 Å². The summed E-state index contributed by atoms with van der Waals surface area (Å²) in [7, 11) is 0. The molecule has 2 heterocycles. The van der Waals surface area contributed by atoms with Crippen LogP contribution >= 0.6 is 0 Å². The number of nitrogens with one attached hydrogen (secondary N) is 1. The molecule has 1 N–H and O–H groups in total. The van der Waals surface area contributed by atoms with Crippen molar-refractivity contribution in [2.45, 2.75) is 25.7 Å². The van der Waals surface area contributed by atoms with Crippen molar-refractivity contribution in [3.63, 3.8) is 0 Å². The number of hydrogen-bond donors (Lipinski definition) is 1. The summed E-state index contributed by atoms with van der Waals surface area (Å²) < 4.78 is 14.2. The van der Waals surface area contributed by atoms with Crippen LogP contribution in [0.3, 0.4) is 0 Å². The van der Waals surface area contributed by atoms with Gasteiger partial charge in [-0.25, -0.2) is 4.39 Å². The molecule has 0 radical (unpaired) electrons. The molecule has 0 atom stereocenters. The van der Waals surface area contributed by atoms with Crippen molar-refractivity contribution < 1.29 is 14.0 Å². The van der Waals surface area contributed by atoms with Gasteiger partial charge in [0, 0.05) is 30.9 Å². The van der Waals surface area contributed by atoms with Crippen molar-refractivity contribution in [3.8, 4) is 0 Å². The number of halogens is 1. The molecule has 0 unspecified atom stereocenters. The molecule has 2 aromatic carbocycles. The highest BCUT2D eigenvalue weighted by Crippen LogP contribution is 2.29. The average molecular weight is 367 g/mol. The second-order valence-electron chi connectivity index (χ2n) is 7.02. The highest BCUT2D eigenvalue weighted by atomic mass is 19.1. The molecule has 2 aliphatic rings. The summed E-state index contributed by atoms with van der Waals surface area (Å²) in [6, 6.07) is 12.3. The molecule has 0 saturated carbocycles. The van der Waals surface area contributed by atoms with Crippen molar-refractivity contribution in [1.29, 1.82) is 0 Å². The first kappa shape index (κ1) is 17.5. The van der Waals surface area contributed by atoms with Crippen molar-refractivity contribution in [3.05, 3.63) is 53.8 Å². The molecule has 1 saturated heterocycles. The Morgan fingerprint density at radius 2 is 1.81 bits per heavy atom. The van der Waals surface area contributed by atoms with Gasteiger partial charge in [-0.3, -0.25) is 9.59 Å². The maximum atomic E-state index is 14.2. The lowest BCUT2D eigenvalue weighted by Crippen LogP contribution is -2.37. The maximum Gasteiger partial charge on any atom is 0.243 e. The Kier molecular flexibility index (Phi) is 4.79. The molecule has 2 aromatic rings. The van der Waals surface area contributed by atoms with E-state index >= 15 is 0 Å². The molecule has 0 aromatic heterocycles. The van der Waals surface area contributed by atoms with Gasteiger partial charge >= 0.3 is 0 Å². The SMILES string of the molecule is O=C(CN1CCCc2cccc(F)c21)Nc1ccc(N2CCCC2=O)cc1. The summed E-state index contributed by atoms with van der Waals surface area (Å²) in [4.78, 5) is 27.8. The first-order chi connectivity index (χ1) is 13.1. The first-order valence-corrected chi connectivity index (χ1v) is 9.34. The summed E-state index contributed by atoms with van der Waals surface area (Å²) in [6.07, 6.45) is 3.21. The van der Waals surface area contributed by atoms with Gasteiger partial charge in [-0.15, -0.1) is 0 Å². The van der Waals surface area contributed by atoms with E-state index in [0.717, 1.165) is 37.1 Å². The second-order valence-corrected chi connectivity index (χ2v) is 7.02. The van der Waals surface area contributed by atoms with Crippen LogP contribution in [0.4, 0.5) is 21.5 Å². The number of aryl methyl sites for hydroxylation is 1. The molecular formula is C21H22FN3O2. The number of carbonyl (C=O) groups is 2. The number of hydrogen-bond acceptors (Lipinski definition) is 3. The third-order valence-corrected chi connectivity index (χ3v) is 5.13. The van der Waals surface area contributed by atoms with Crippen LogP contribution in [0, 0.1) is 5.82 Å². The lowest BCUT2D eigenvalue weighted by molar-refractivity contribution is -0.117. The summed E-state index contributed by atoms with van der Waals surface area (Å²) in [5, 5.41) is 2.86.